The van der Waals surface area contributed by atoms with E-state index in [1.165, 1.54) is 32.3 Å². The third-order valence-corrected chi connectivity index (χ3v) is 8.06. The van der Waals surface area contributed by atoms with E-state index in [0.717, 1.165) is 33.1 Å². The van der Waals surface area contributed by atoms with Crippen molar-refractivity contribution in [3.8, 4) is 16.8 Å². The summed E-state index contributed by atoms with van der Waals surface area (Å²) in [7, 11) is 0. The highest BCUT2D eigenvalue weighted by atomic mass is 16.6. The minimum Gasteiger partial charge on any atom is -0.309 e. The number of para-hydroxylation sites is 2. The highest BCUT2D eigenvalue weighted by molar-refractivity contribution is 6.28. The fraction of sp³-hybridized carbons (Fsp3) is 0. The zero-order valence-electron chi connectivity index (χ0n) is 21.4. The summed E-state index contributed by atoms with van der Waals surface area (Å²) in [6.07, 6.45) is 0. The summed E-state index contributed by atoms with van der Waals surface area (Å²) in [6, 6.07) is 45.4. The van der Waals surface area contributed by atoms with Crippen LogP contribution in [0.4, 0.5) is 5.69 Å². The highest BCUT2D eigenvalue weighted by Gasteiger charge is 2.19. The number of benzene rings is 7. The number of nitro groups is 1. The monoisotopic (exact) mass is 514 g/mol. The zero-order valence-corrected chi connectivity index (χ0v) is 21.4. The van der Waals surface area contributed by atoms with E-state index in [-0.39, 0.29) is 10.6 Å². The molecule has 0 aliphatic carbocycles. The van der Waals surface area contributed by atoms with Crippen LogP contribution in [0.2, 0.25) is 0 Å². The number of nitrogens with zero attached hydrogens (tertiary/aromatic N) is 2. The van der Waals surface area contributed by atoms with Gasteiger partial charge >= 0.3 is 0 Å². The lowest BCUT2D eigenvalue weighted by Crippen LogP contribution is -1.94. The molecule has 4 nitrogen and oxygen atoms in total. The molecule has 40 heavy (non-hydrogen) atoms. The van der Waals surface area contributed by atoms with Gasteiger partial charge in [0.15, 0.2) is 0 Å². The minimum absolute atomic E-state index is 0.108. The van der Waals surface area contributed by atoms with Gasteiger partial charge in [-0.25, -0.2) is 0 Å². The average molecular weight is 515 g/mol. The van der Waals surface area contributed by atoms with Gasteiger partial charge < -0.3 is 4.57 Å². The van der Waals surface area contributed by atoms with E-state index in [9.17, 15) is 10.1 Å². The Hall–Kier alpha value is -5.48. The van der Waals surface area contributed by atoms with E-state index in [0.29, 0.717) is 5.56 Å². The molecule has 8 aromatic rings. The maximum atomic E-state index is 11.8. The van der Waals surface area contributed by atoms with Gasteiger partial charge in [-0.2, -0.15) is 0 Å². The van der Waals surface area contributed by atoms with Crippen LogP contribution in [0.3, 0.4) is 0 Å². The zero-order chi connectivity index (χ0) is 26.8. The van der Waals surface area contributed by atoms with Gasteiger partial charge in [-0.1, -0.05) is 84.9 Å². The summed E-state index contributed by atoms with van der Waals surface area (Å²) in [5, 5.41) is 21.3. The molecule has 1 heterocycles. The third-order valence-electron chi connectivity index (χ3n) is 8.06. The van der Waals surface area contributed by atoms with Crippen molar-refractivity contribution >= 4 is 59.8 Å². The van der Waals surface area contributed by atoms with Crippen molar-refractivity contribution in [3.63, 3.8) is 0 Å². The molecule has 0 N–H and O–H groups in total. The van der Waals surface area contributed by atoms with Gasteiger partial charge in [-0.15, -0.1) is 0 Å². The second-order valence-electron chi connectivity index (χ2n) is 10.2. The predicted octanol–water partition coefficient (Wildman–Crippen LogP) is 9.82. The number of aromatic nitrogens is 1. The first kappa shape index (κ1) is 22.5. The first-order valence-corrected chi connectivity index (χ1v) is 13.3. The summed E-state index contributed by atoms with van der Waals surface area (Å²) in [5.74, 6) is 0. The number of nitro benzene ring substituents is 1. The lowest BCUT2D eigenvalue weighted by atomic mass is 9.93. The lowest BCUT2D eigenvalue weighted by Gasteiger charge is -2.12. The van der Waals surface area contributed by atoms with E-state index in [1.54, 1.807) is 12.1 Å². The smallest absolute Gasteiger partial charge is 0.277 e. The van der Waals surface area contributed by atoms with E-state index >= 15 is 0 Å². The molecule has 1 aromatic heterocycles. The molecule has 8 rings (SSSR count). The van der Waals surface area contributed by atoms with Crippen molar-refractivity contribution in [2.45, 2.75) is 0 Å². The quantitative estimate of drug-likeness (QED) is 0.134. The Kier molecular flexibility index (Phi) is 4.79. The Balaban J connectivity index is 1.56. The van der Waals surface area contributed by atoms with E-state index < -0.39 is 0 Å². The van der Waals surface area contributed by atoms with Crippen LogP contribution < -0.4 is 0 Å². The fourth-order valence-corrected chi connectivity index (χ4v) is 6.32. The van der Waals surface area contributed by atoms with Crippen LogP contribution in [-0.4, -0.2) is 9.49 Å². The van der Waals surface area contributed by atoms with Gasteiger partial charge in [0.25, 0.3) is 5.69 Å². The molecule has 0 unspecified atom stereocenters. The van der Waals surface area contributed by atoms with Crippen LogP contribution >= 0.6 is 0 Å². The molecule has 0 aliphatic rings. The fourth-order valence-electron chi connectivity index (χ4n) is 6.32. The maximum Gasteiger partial charge on any atom is 0.277 e. The van der Waals surface area contributed by atoms with Gasteiger partial charge in [0.05, 0.1) is 21.5 Å². The van der Waals surface area contributed by atoms with Crippen molar-refractivity contribution in [3.05, 3.63) is 144 Å². The molecule has 188 valence electrons. The standard InChI is InChI=1S/C36H22N2O2/c39-38(40)35-17-9-8-12-25(35)23-18-19-34-32(20-23)33-21-30-28-15-6-4-13-26(28)27-14-5-7-16-29(27)31(30)22-36(33)37(34)24-10-2-1-3-11-24/h1-22H. The summed E-state index contributed by atoms with van der Waals surface area (Å²) < 4.78 is 2.30. The van der Waals surface area contributed by atoms with Crippen LogP contribution in [0, 0.1) is 10.1 Å². The highest BCUT2D eigenvalue weighted by Crippen LogP contribution is 2.42. The van der Waals surface area contributed by atoms with Crippen LogP contribution in [0.1, 0.15) is 0 Å². The van der Waals surface area contributed by atoms with E-state index in [2.05, 4.69) is 102 Å². The van der Waals surface area contributed by atoms with Crippen molar-refractivity contribution in [1.82, 2.24) is 4.57 Å². The number of hydrogen-bond acceptors (Lipinski definition) is 2. The second-order valence-corrected chi connectivity index (χ2v) is 10.2. The number of rotatable bonds is 3. The van der Waals surface area contributed by atoms with Crippen LogP contribution in [0.15, 0.2) is 133 Å². The van der Waals surface area contributed by atoms with Crippen molar-refractivity contribution < 1.29 is 4.92 Å². The van der Waals surface area contributed by atoms with Crippen LogP contribution in [0.25, 0.3) is 70.9 Å². The third kappa shape index (κ3) is 3.20. The summed E-state index contributed by atoms with van der Waals surface area (Å²) in [4.78, 5) is 11.5. The summed E-state index contributed by atoms with van der Waals surface area (Å²) >= 11 is 0. The topological polar surface area (TPSA) is 48.1 Å². The van der Waals surface area contributed by atoms with Gasteiger partial charge in [0.1, 0.15) is 0 Å². The second kappa shape index (κ2) is 8.52. The molecule has 0 saturated heterocycles. The Bertz CT molecular complexity index is 2300. The van der Waals surface area contributed by atoms with Crippen LogP contribution in [-0.2, 0) is 0 Å². The minimum atomic E-state index is -0.308. The molecule has 4 heteroatoms. The molecule has 0 bridgehead atoms. The normalized spacial score (nSPS) is 11.7. The Labute approximate surface area is 229 Å². The van der Waals surface area contributed by atoms with Crippen molar-refractivity contribution in [2.24, 2.45) is 0 Å². The van der Waals surface area contributed by atoms with Gasteiger partial charge in [-0.05, 0) is 80.3 Å². The molecule has 7 aromatic carbocycles. The molecule has 0 atom stereocenters. The largest absolute Gasteiger partial charge is 0.309 e. The van der Waals surface area contributed by atoms with Gasteiger partial charge in [0, 0.05) is 22.5 Å². The molecule has 0 saturated carbocycles. The van der Waals surface area contributed by atoms with E-state index in [1.807, 2.05) is 24.3 Å². The average Bonchev–Trinajstić information content (AvgIpc) is 3.33. The van der Waals surface area contributed by atoms with Crippen molar-refractivity contribution in [1.29, 1.82) is 0 Å². The van der Waals surface area contributed by atoms with Gasteiger partial charge in [0.2, 0.25) is 0 Å². The lowest BCUT2D eigenvalue weighted by molar-refractivity contribution is -0.384. The Morgan fingerprint density at radius 2 is 1.02 bits per heavy atom. The Morgan fingerprint density at radius 3 is 1.70 bits per heavy atom. The predicted molar refractivity (Wildman–Crippen MR) is 165 cm³/mol. The molecular weight excluding hydrogens is 492 g/mol. The van der Waals surface area contributed by atoms with E-state index in [4.69, 9.17) is 0 Å². The van der Waals surface area contributed by atoms with Gasteiger partial charge in [-0.3, -0.25) is 10.1 Å². The molecule has 0 radical (unpaired) electrons. The maximum absolute atomic E-state index is 11.8. The molecule has 0 fully saturated rings. The van der Waals surface area contributed by atoms with Crippen LogP contribution in [0.5, 0.6) is 0 Å². The summed E-state index contributed by atoms with van der Waals surface area (Å²) in [6.45, 7) is 0. The number of fused-ring (bicyclic) bond motifs is 9. The molecular formula is C36H22N2O2. The van der Waals surface area contributed by atoms with Crippen molar-refractivity contribution in [2.75, 3.05) is 0 Å². The molecule has 0 spiro atoms. The number of hydrogen-bond donors (Lipinski definition) is 0. The Morgan fingerprint density at radius 1 is 0.475 bits per heavy atom. The SMILES string of the molecule is O=[N+]([O-])c1ccccc1-c1ccc2c(c1)c1cc3c4ccccc4c4ccccc4c3cc1n2-c1ccccc1. The molecule has 0 amide bonds. The molecule has 0 aliphatic heterocycles. The summed E-state index contributed by atoms with van der Waals surface area (Å²) in [5.41, 5.74) is 4.80. The first-order valence-electron chi connectivity index (χ1n) is 13.3. The first-order chi connectivity index (χ1) is 19.7.